The van der Waals surface area contributed by atoms with Gasteiger partial charge in [0.05, 0.1) is 7.11 Å². The third kappa shape index (κ3) is 12.1. The van der Waals surface area contributed by atoms with Gasteiger partial charge in [0, 0.05) is 13.1 Å². The Labute approximate surface area is 198 Å². The van der Waals surface area contributed by atoms with E-state index in [1.807, 2.05) is 18.2 Å². The highest BCUT2D eigenvalue weighted by atomic mass is 16.5. The van der Waals surface area contributed by atoms with Crippen LogP contribution in [-0.2, 0) is 25.7 Å². The standard InChI is InChI=1S/C21H34N8O5/c1-33-18(31)16(10-6-12-27-20(24)25)28-17(30)15(9-5-11-26-19(22)23)29-21(32)34-13-14-7-3-2-4-8-14/h2-4,7-8,15-16H,5-6,9-13H2,1H3,(H,28,30)(H,29,32)(H4,22,23,26)(H4,24,25,27). The molecule has 2 amide bonds. The van der Waals surface area contributed by atoms with Gasteiger partial charge in [-0.2, -0.15) is 0 Å². The molecule has 1 aromatic carbocycles. The molecule has 0 radical (unpaired) electrons. The van der Waals surface area contributed by atoms with Gasteiger partial charge >= 0.3 is 12.1 Å². The second kappa shape index (κ2) is 15.7. The van der Waals surface area contributed by atoms with Gasteiger partial charge in [-0.05, 0) is 31.2 Å². The number of hydrogen-bond donors (Lipinski definition) is 8. The quantitative estimate of drug-likeness (QED) is 0.0744. The zero-order valence-corrected chi connectivity index (χ0v) is 19.2. The fraction of sp³-hybridized carbons (Fsp3) is 0.476. The van der Waals surface area contributed by atoms with E-state index >= 15 is 0 Å². The molecule has 1 aromatic rings. The molecule has 0 spiro atoms. The van der Waals surface area contributed by atoms with Crippen molar-refractivity contribution in [1.29, 1.82) is 10.8 Å². The number of guanidine groups is 2. The number of ether oxygens (including phenoxy) is 2. The fourth-order valence-corrected chi connectivity index (χ4v) is 2.90. The molecule has 13 heteroatoms. The number of carbonyl (C=O) groups is 3. The summed E-state index contributed by atoms with van der Waals surface area (Å²) in [6.07, 6.45) is 0.479. The fourth-order valence-electron chi connectivity index (χ4n) is 2.90. The zero-order valence-electron chi connectivity index (χ0n) is 19.2. The predicted molar refractivity (Wildman–Crippen MR) is 126 cm³/mol. The van der Waals surface area contributed by atoms with Gasteiger partial charge in [0.25, 0.3) is 0 Å². The highest BCUT2D eigenvalue weighted by Gasteiger charge is 2.27. The Hall–Kier alpha value is -4.03. The summed E-state index contributed by atoms with van der Waals surface area (Å²) in [5, 5.41) is 24.7. The van der Waals surface area contributed by atoms with E-state index in [1.165, 1.54) is 7.11 Å². The van der Waals surface area contributed by atoms with E-state index in [4.69, 9.17) is 31.8 Å². The van der Waals surface area contributed by atoms with Crippen LogP contribution in [0.25, 0.3) is 0 Å². The van der Waals surface area contributed by atoms with Crippen LogP contribution >= 0.6 is 0 Å². The summed E-state index contributed by atoms with van der Waals surface area (Å²) in [7, 11) is 1.21. The van der Waals surface area contributed by atoms with Gasteiger partial charge in [-0.15, -0.1) is 0 Å². The molecule has 34 heavy (non-hydrogen) atoms. The molecular weight excluding hydrogens is 444 g/mol. The molecule has 0 aliphatic carbocycles. The van der Waals surface area contributed by atoms with Crippen LogP contribution in [0.3, 0.4) is 0 Å². The molecule has 0 heterocycles. The maximum absolute atomic E-state index is 12.9. The van der Waals surface area contributed by atoms with Gasteiger partial charge in [0.1, 0.15) is 18.7 Å². The second-order valence-electron chi connectivity index (χ2n) is 7.31. The number of rotatable bonds is 14. The summed E-state index contributed by atoms with van der Waals surface area (Å²) in [6, 6.07) is 7.11. The van der Waals surface area contributed by atoms with Crippen molar-refractivity contribution in [3.05, 3.63) is 35.9 Å². The number of amides is 2. The second-order valence-corrected chi connectivity index (χ2v) is 7.31. The summed E-state index contributed by atoms with van der Waals surface area (Å²) in [5.41, 5.74) is 11.3. The predicted octanol–water partition coefficient (Wildman–Crippen LogP) is -0.534. The van der Waals surface area contributed by atoms with Crippen molar-refractivity contribution in [2.75, 3.05) is 20.2 Å². The van der Waals surface area contributed by atoms with E-state index in [-0.39, 0.29) is 31.4 Å². The molecule has 188 valence electrons. The molecule has 2 unspecified atom stereocenters. The van der Waals surface area contributed by atoms with Crippen molar-refractivity contribution in [3.63, 3.8) is 0 Å². The van der Waals surface area contributed by atoms with Crippen LogP contribution in [0.5, 0.6) is 0 Å². The molecule has 2 atom stereocenters. The Bertz CT molecular complexity index is 821. The minimum Gasteiger partial charge on any atom is -0.467 e. The van der Waals surface area contributed by atoms with Crippen LogP contribution < -0.4 is 32.7 Å². The first-order chi connectivity index (χ1) is 16.2. The summed E-state index contributed by atoms with van der Waals surface area (Å²) in [5.74, 6) is -1.63. The summed E-state index contributed by atoms with van der Waals surface area (Å²) < 4.78 is 9.96. The normalized spacial score (nSPS) is 11.9. The van der Waals surface area contributed by atoms with Crippen molar-refractivity contribution in [3.8, 4) is 0 Å². The smallest absolute Gasteiger partial charge is 0.408 e. The first-order valence-corrected chi connectivity index (χ1v) is 10.7. The Kier molecular flexibility index (Phi) is 12.9. The molecule has 0 aliphatic heterocycles. The summed E-state index contributed by atoms with van der Waals surface area (Å²) >= 11 is 0. The number of methoxy groups -OCH3 is 1. The van der Waals surface area contributed by atoms with Crippen LogP contribution in [-0.4, -0.2) is 62.2 Å². The third-order valence-electron chi connectivity index (χ3n) is 4.59. The van der Waals surface area contributed by atoms with Gasteiger partial charge in [-0.3, -0.25) is 15.6 Å². The number of nitrogens with two attached hydrogens (primary N) is 2. The van der Waals surface area contributed by atoms with Crippen LogP contribution in [0, 0.1) is 10.8 Å². The maximum atomic E-state index is 12.9. The molecule has 0 aromatic heterocycles. The van der Waals surface area contributed by atoms with E-state index in [2.05, 4.69) is 21.3 Å². The van der Waals surface area contributed by atoms with Crippen molar-refractivity contribution >= 4 is 29.9 Å². The lowest BCUT2D eigenvalue weighted by Crippen LogP contribution is -2.52. The Balaban J connectivity index is 2.74. The first kappa shape index (κ1) is 28.0. The molecular formula is C21H34N8O5. The average Bonchev–Trinajstić information content (AvgIpc) is 2.81. The number of alkyl carbamates (subject to hydrolysis) is 1. The summed E-state index contributed by atoms with van der Waals surface area (Å²) in [6.45, 7) is 0.681. The average molecular weight is 479 g/mol. The largest absolute Gasteiger partial charge is 0.467 e. The van der Waals surface area contributed by atoms with Crippen LogP contribution in [0.2, 0.25) is 0 Å². The molecule has 13 nitrogen and oxygen atoms in total. The van der Waals surface area contributed by atoms with Crippen LogP contribution in [0.15, 0.2) is 30.3 Å². The Morgan fingerprint density at radius 2 is 1.47 bits per heavy atom. The lowest BCUT2D eigenvalue weighted by molar-refractivity contribution is -0.145. The monoisotopic (exact) mass is 478 g/mol. The molecule has 0 saturated carbocycles. The van der Waals surface area contributed by atoms with Gasteiger partial charge in [0.2, 0.25) is 5.91 Å². The number of carbonyl (C=O) groups excluding carboxylic acids is 3. The Morgan fingerprint density at radius 1 is 0.912 bits per heavy atom. The Morgan fingerprint density at radius 3 is 2.00 bits per heavy atom. The summed E-state index contributed by atoms with van der Waals surface area (Å²) in [4.78, 5) is 37.3. The molecule has 0 aliphatic rings. The van der Waals surface area contributed by atoms with Crippen molar-refractivity contribution < 1.29 is 23.9 Å². The van der Waals surface area contributed by atoms with E-state index in [0.717, 1.165) is 5.56 Å². The van der Waals surface area contributed by atoms with Crippen molar-refractivity contribution in [2.45, 2.75) is 44.4 Å². The number of benzene rings is 1. The van der Waals surface area contributed by atoms with Gasteiger partial charge in [0.15, 0.2) is 11.9 Å². The lowest BCUT2D eigenvalue weighted by Gasteiger charge is -2.22. The van der Waals surface area contributed by atoms with Gasteiger partial charge < -0.3 is 42.2 Å². The van der Waals surface area contributed by atoms with E-state index in [1.54, 1.807) is 12.1 Å². The van der Waals surface area contributed by atoms with Crippen LogP contribution in [0.1, 0.15) is 31.2 Å². The minimum absolute atomic E-state index is 0.0286. The minimum atomic E-state index is -1.00. The number of nitrogens with one attached hydrogen (secondary N) is 6. The van der Waals surface area contributed by atoms with Gasteiger partial charge in [-0.25, -0.2) is 9.59 Å². The number of esters is 1. The SMILES string of the molecule is COC(=O)C(CCCNC(=N)N)NC(=O)C(CCCNC(=N)N)NC(=O)OCc1ccccc1. The highest BCUT2D eigenvalue weighted by molar-refractivity contribution is 5.89. The molecule has 10 N–H and O–H groups in total. The zero-order chi connectivity index (χ0) is 25.3. The lowest BCUT2D eigenvalue weighted by atomic mass is 10.1. The van der Waals surface area contributed by atoms with E-state index in [0.29, 0.717) is 25.9 Å². The van der Waals surface area contributed by atoms with Crippen LogP contribution in [0.4, 0.5) is 4.79 Å². The highest BCUT2D eigenvalue weighted by Crippen LogP contribution is 2.05. The van der Waals surface area contributed by atoms with Gasteiger partial charge in [-0.1, -0.05) is 30.3 Å². The number of hydrogen-bond acceptors (Lipinski definition) is 7. The van der Waals surface area contributed by atoms with E-state index in [9.17, 15) is 14.4 Å². The molecule has 1 rings (SSSR count). The molecule has 0 fully saturated rings. The third-order valence-corrected chi connectivity index (χ3v) is 4.59. The van der Waals surface area contributed by atoms with E-state index < -0.39 is 30.1 Å². The topological polar surface area (TPSA) is 218 Å². The first-order valence-electron chi connectivity index (χ1n) is 10.7. The molecule has 0 saturated heterocycles. The van der Waals surface area contributed by atoms with Crippen molar-refractivity contribution in [2.24, 2.45) is 11.5 Å². The maximum Gasteiger partial charge on any atom is 0.408 e. The van der Waals surface area contributed by atoms with Crippen molar-refractivity contribution in [1.82, 2.24) is 21.3 Å². The molecule has 0 bridgehead atoms.